The molecule has 0 spiro atoms. The van der Waals surface area contributed by atoms with E-state index in [0.717, 1.165) is 16.6 Å². The fourth-order valence-electron chi connectivity index (χ4n) is 1.44. The fourth-order valence-corrected chi connectivity index (χ4v) is 1.64. The summed E-state index contributed by atoms with van der Waals surface area (Å²) in [6.45, 7) is 2.02. The number of nitrogens with one attached hydrogen (secondary N) is 3. The van der Waals surface area contributed by atoms with Gasteiger partial charge in [-0.05, 0) is 37.3 Å². The van der Waals surface area contributed by atoms with Crippen LogP contribution in [0.15, 0.2) is 24.4 Å². The molecule has 0 saturated carbocycles. The van der Waals surface area contributed by atoms with Crippen LogP contribution in [0.5, 0.6) is 0 Å². The number of carbonyl (C=O) groups is 1. The van der Waals surface area contributed by atoms with Crippen LogP contribution in [0.2, 0.25) is 0 Å². The van der Waals surface area contributed by atoms with E-state index in [1.807, 2.05) is 18.2 Å². The van der Waals surface area contributed by atoms with Crippen LogP contribution in [0.4, 0.5) is 10.5 Å². The van der Waals surface area contributed by atoms with E-state index in [-0.39, 0.29) is 5.11 Å². The molecule has 94 valence electrons. The zero-order valence-electron chi connectivity index (χ0n) is 9.69. The fraction of sp³-hybridized carbons (Fsp3) is 0.182. The molecular formula is C11H12N4O2S. The molecule has 0 fully saturated rings. The van der Waals surface area contributed by atoms with Gasteiger partial charge in [-0.3, -0.25) is 10.4 Å². The first kappa shape index (κ1) is 12.3. The number of thiocarbonyl (C=S) groups is 1. The standard InChI is InChI=1S/C11H12N4O2S/c1-2-17-11(16)14-10(18)13-8-4-3-7-6-12-15-9(7)5-8/h3-6H,2H2,1H3,(H,12,15)(H2,13,14,16,18). The van der Waals surface area contributed by atoms with Gasteiger partial charge in [-0.2, -0.15) is 5.10 Å². The molecule has 0 bridgehead atoms. The molecule has 2 aromatic rings. The van der Waals surface area contributed by atoms with Crippen LogP contribution in [-0.4, -0.2) is 28.0 Å². The largest absolute Gasteiger partial charge is 0.450 e. The van der Waals surface area contributed by atoms with E-state index >= 15 is 0 Å². The predicted molar refractivity (Wildman–Crippen MR) is 72.5 cm³/mol. The van der Waals surface area contributed by atoms with Crippen molar-refractivity contribution in [2.24, 2.45) is 0 Å². The lowest BCUT2D eigenvalue weighted by Crippen LogP contribution is -2.34. The van der Waals surface area contributed by atoms with Crippen LogP contribution in [-0.2, 0) is 4.74 Å². The van der Waals surface area contributed by atoms with Gasteiger partial charge in [0.05, 0.1) is 18.3 Å². The van der Waals surface area contributed by atoms with Crippen molar-refractivity contribution in [1.82, 2.24) is 15.5 Å². The molecule has 0 saturated heterocycles. The molecule has 3 N–H and O–H groups in total. The molecule has 0 atom stereocenters. The molecule has 6 nitrogen and oxygen atoms in total. The SMILES string of the molecule is CCOC(=O)NC(=S)Nc1ccc2cn[nH]c2c1. The van der Waals surface area contributed by atoms with E-state index in [2.05, 4.69) is 20.8 Å². The summed E-state index contributed by atoms with van der Waals surface area (Å²) >= 11 is 4.98. The number of rotatable bonds is 2. The number of hydrogen-bond acceptors (Lipinski definition) is 4. The minimum atomic E-state index is -0.572. The lowest BCUT2D eigenvalue weighted by Gasteiger charge is -2.09. The summed E-state index contributed by atoms with van der Waals surface area (Å²) in [6.07, 6.45) is 1.16. The number of fused-ring (bicyclic) bond motifs is 1. The summed E-state index contributed by atoms with van der Waals surface area (Å²) < 4.78 is 4.71. The van der Waals surface area contributed by atoms with Crippen molar-refractivity contribution in [2.45, 2.75) is 6.92 Å². The lowest BCUT2D eigenvalue weighted by atomic mass is 10.2. The first-order valence-electron chi connectivity index (χ1n) is 5.37. The van der Waals surface area contributed by atoms with Gasteiger partial charge >= 0.3 is 6.09 Å². The topological polar surface area (TPSA) is 79.0 Å². The second kappa shape index (κ2) is 5.46. The number of carbonyl (C=O) groups excluding carboxylic acids is 1. The number of aromatic amines is 1. The van der Waals surface area contributed by atoms with Crippen molar-refractivity contribution in [1.29, 1.82) is 0 Å². The second-order valence-corrected chi connectivity index (χ2v) is 3.88. The van der Waals surface area contributed by atoms with Gasteiger partial charge in [-0.25, -0.2) is 4.79 Å². The summed E-state index contributed by atoms with van der Waals surface area (Å²) in [4.78, 5) is 11.1. The summed E-state index contributed by atoms with van der Waals surface area (Å²) in [7, 11) is 0. The van der Waals surface area contributed by atoms with E-state index in [1.54, 1.807) is 13.1 Å². The molecule has 7 heteroatoms. The Bertz CT molecular complexity index is 581. The number of H-pyrrole nitrogens is 1. The highest BCUT2D eigenvalue weighted by molar-refractivity contribution is 7.80. The summed E-state index contributed by atoms with van der Waals surface area (Å²) in [5.41, 5.74) is 1.65. The van der Waals surface area contributed by atoms with E-state index in [1.165, 1.54) is 0 Å². The molecule has 2 rings (SSSR count). The van der Waals surface area contributed by atoms with Crippen molar-refractivity contribution in [3.8, 4) is 0 Å². The van der Waals surface area contributed by atoms with Crippen LogP contribution < -0.4 is 10.6 Å². The Morgan fingerprint density at radius 2 is 2.39 bits per heavy atom. The molecule has 1 aromatic carbocycles. The Kier molecular flexibility index (Phi) is 3.73. The molecule has 0 aliphatic rings. The van der Waals surface area contributed by atoms with Crippen LogP contribution in [0.1, 0.15) is 6.92 Å². The maximum absolute atomic E-state index is 11.1. The van der Waals surface area contributed by atoms with Crippen LogP contribution in [0.3, 0.4) is 0 Å². The summed E-state index contributed by atoms with van der Waals surface area (Å²) in [5.74, 6) is 0. The highest BCUT2D eigenvalue weighted by atomic mass is 32.1. The Hall–Kier alpha value is -2.15. The van der Waals surface area contributed by atoms with Crippen LogP contribution in [0.25, 0.3) is 10.9 Å². The monoisotopic (exact) mass is 264 g/mol. The molecule has 0 unspecified atom stereocenters. The van der Waals surface area contributed by atoms with Gasteiger partial charge in [-0.15, -0.1) is 0 Å². The third-order valence-corrected chi connectivity index (χ3v) is 2.39. The minimum Gasteiger partial charge on any atom is -0.450 e. The molecular weight excluding hydrogens is 252 g/mol. The summed E-state index contributed by atoms with van der Waals surface area (Å²) in [5, 5.41) is 13.2. The number of aromatic nitrogens is 2. The van der Waals surface area contributed by atoms with Gasteiger partial charge < -0.3 is 10.1 Å². The van der Waals surface area contributed by atoms with Crippen molar-refractivity contribution in [3.05, 3.63) is 24.4 Å². The third-order valence-electron chi connectivity index (χ3n) is 2.19. The molecule has 0 aliphatic heterocycles. The van der Waals surface area contributed by atoms with E-state index in [0.29, 0.717) is 6.61 Å². The maximum Gasteiger partial charge on any atom is 0.413 e. The minimum absolute atomic E-state index is 0.187. The number of anilines is 1. The smallest absolute Gasteiger partial charge is 0.413 e. The quantitative estimate of drug-likeness (QED) is 0.723. The highest BCUT2D eigenvalue weighted by Gasteiger charge is 2.05. The zero-order chi connectivity index (χ0) is 13.0. The lowest BCUT2D eigenvalue weighted by molar-refractivity contribution is 0.158. The average molecular weight is 264 g/mol. The number of alkyl carbamates (subject to hydrolysis) is 1. The Morgan fingerprint density at radius 1 is 1.56 bits per heavy atom. The highest BCUT2D eigenvalue weighted by Crippen LogP contribution is 2.16. The molecule has 1 aromatic heterocycles. The van der Waals surface area contributed by atoms with E-state index in [9.17, 15) is 4.79 Å². The summed E-state index contributed by atoms with van der Waals surface area (Å²) in [6, 6.07) is 5.59. The second-order valence-electron chi connectivity index (χ2n) is 3.47. The van der Waals surface area contributed by atoms with Crippen molar-refractivity contribution >= 4 is 40.0 Å². The van der Waals surface area contributed by atoms with Crippen molar-refractivity contribution in [2.75, 3.05) is 11.9 Å². The normalized spacial score (nSPS) is 10.1. The molecule has 1 heterocycles. The van der Waals surface area contributed by atoms with Gasteiger partial charge in [0.1, 0.15) is 0 Å². The van der Waals surface area contributed by atoms with Crippen molar-refractivity contribution in [3.63, 3.8) is 0 Å². The maximum atomic E-state index is 11.1. The number of nitrogens with zero attached hydrogens (tertiary/aromatic N) is 1. The Balaban J connectivity index is 2.00. The van der Waals surface area contributed by atoms with Gasteiger partial charge in [0.25, 0.3) is 0 Å². The number of ether oxygens (including phenoxy) is 1. The van der Waals surface area contributed by atoms with Crippen molar-refractivity contribution < 1.29 is 9.53 Å². The predicted octanol–water partition coefficient (Wildman–Crippen LogP) is 2.01. The molecule has 0 aliphatic carbocycles. The van der Waals surface area contributed by atoms with Gasteiger partial charge in [-0.1, -0.05) is 0 Å². The molecule has 0 radical (unpaired) electrons. The number of hydrogen-bond donors (Lipinski definition) is 3. The van der Waals surface area contributed by atoms with Gasteiger partial charge in [0, 0.05) is 11.1 Å². The Morgan fingerprint density at radius 3 is 3.17 bits per heavy atom. The number of benzene rings is 1. The van der Waals surface area contributed by atoms with E-state index < -0.39 is 6.09 Å². The first-order chi connectivity index (χ1) is 8.69. The Labute approximate surface area is 109 Å². The first-order valence-corrected chi connectivity index (χ1v) is 5.77. The van der Waals surface area contributed by atoms with Crippen LogP contribution in [0, 0.1) is 0 Å². The zero-order valence-corrected chi connectivity index (χ0v) is 10.5. The third kappa shape index (κ3) is 2.95. The van der Waals surface area contributed by atoms with Gasteiger partial charge in [0.2, 0.25) is 0 Å². The van der Waals surface area contributed by atoms with E-state index in [4.69, 9.17) is 17.0 Å². The molecule has 1 amide bonds. The van der Waals surface area contributed by atoms with Crippen LogP contribution >= 0.6 is 12.2 Å². The van der Waals surface area contributed by atoms with Gasteiger partial charge in [0.15, 0.2) is 5.11 Å². The number of amides is 1. The molecule has 18 heavy (non-hydrogen) atoms. The average Bonchev–Trinajstić information content (AvgIpc) is 2.76.